The highest BCUT2D eigenvalue weighted by atomic mass is 79.9. The van der Waals surface area contributed by atoms with E-state index in [1.807, 2.05) is 13.0 Å². The number of alkyl halides is 1. The van der Waals surface area contributed by atoms with Crippen LogP contribution in [0.25, 0.3) is 0 Å². The fraction of sp³-hybridized carbons (Fsp3) is 0.273. The minimum absolute atomic E-state index is 0.0640. The topological polar surface area (TPSA) is 40.9 Å². The lowest BCUT2D eigenvalue weighted by atomic mass is 10.0. The van der Waals surface area contributed by atoms with E-state index in [-0.39, 0.29) is 10.6 Å². The summed E-state index contributed by atoms with van der Waals surface area (Å²) in [7, 11) is 0. The lowest BCUT2D eigenvalue weighted by molar-refractivity contribution is -0.116. The van der Waals surface area contributed by atoms with Crippen LogP contribution in [0.15, 0.2) is 18.2 Å². The molecule has 0 amide bonds. The minimum Gasteiger partial charge on any atom is -0.298 e. The van der Waals surface area contributed by atoms with Crippen LogP contribution in [0.1, 0.15) is 28.4 Å². The quantitative estimate of drug-likeness (QED) is 0.759. The van der Waals surface area contributed by atoms with Crippen molar-refractivity contribution in [2.24, 2.45) is 0 Å². The Hall–Kier alpha value is -1.14. The smallest absolute Gasteiger partial charge is 0.147 e. The summed E-state index contributed by atoms with van der Waals surface area (Å²) in [5.74, 6) is 0.0640. The summed E-state index contributed by atoms with van der Waals surface area (Å²) >= 11 is 3.30. The molecule has 1 aromatic rings. The first-order valence-corrected chi connectivity index (χ1v) is 5.13. The molecule has 0 N–H and O–H groups in total. The zero-order valence-corrected chi connectivity index (χ0v) is 9.63. The zero-order valence-electron chi connectivity index (χ0n) is 8.04. The molecule has 0 fully saturated rings. The zero-order chi connectivity index (χ0) is 10.7. The molecular formula is C11H10BrNO. The molecule has 0 heterocycles. The molecule has 0 aromatic heterocycles. The lowest BCUT2D eigenvalue weighted by Gasteiger charge is -2.07. The number of halogens is 1. The van der Waals surface area contributed by atoms with Gasteiger partial charge in [-0.1, -0.05) is 28.1 Å². The second-order valence-electron chi connectivity index (χ2n) is 3.16. The summed E-state index contributed by atoms with van der Waals surface area (Å²) in [6.07, 6.45) is 0. The Morgan fingerprint density at radius 2 is 2.21 bits per heavy atom. The van der Waals surface area contributed by atoms with Gasteiger partial charge in [0.05, 0.1) is 16.5 Å². The monoisotopic (exact) mass is 251 g/mol. The van der Waals surface area contributed by atoms with Gasteiger partial charge >= 0.3 is 0 Å². The van der Waals surface area contributed by atoms with Crippen molar-refractivity contribution in [1.29, 1.82) is 5.26 Å². The lowest BCUT2D eigenvalue weighted by Crippen LogP contribution is -2.01. The molecule has 1 atom stereocenters. The predicted molar refractivity (Wildman–Crippen MR) is 58.2 cm³/mol. The normalized spacial score (nSPS) is 11.9. The number of benzene rings is 1. The number of hydrogen-bond donors (Lipinski definition) is 0. The molecule has 2 nitrogen and oxygen atoms in total. The number of carbonyl (C=O) groups excluding carboxylic acids is 1. The standard InChI is InChI=1S/C11H10BrNO/c1-7-5-9(11(12)8(2)14)3-4-10(7)6-13/h3-5,11H,1-2H3. The summed E-state index contributed by atoms with van der Waals surface area (Å²) in [6.45, 7) is 3.40. The van der Waals surface area contributed by atoms with Crippen molar-refractivity contribution in [3.8, 4) is 6.07 Å². The summed E-state index contributed by atoms with van der Waals surface area (Å²) in [6, 6.07) is 7.49. The SMILES string of the molecule is CC(=O)C(Br)c1ccc(C#N)c(C)c1. The van der Waals surface area contributed by atoms with Gasteiger partial charge in [0.15, 0.2) is 0 Å². The molecule has 0 aliphatic carbocycles. The van der Waals surface area contributed by atoms with Crippen LogP contribution in [0.3, 0.4) is 0 Å². The van der Waals surface area contributed by atoms with Crippen LogP contribution in [0.5, 0.6) is 0 Å². The summed E-state index contributed by atoms with van der Waals surface area (Å²) in [4.78, 5) is 10.8. The Morgan fingerprint density at radius 3 is 2.64 bits per heavy atom. The number of nitriles is 1. The average Bonchev–Trinajstić information content (AvgIpc) is 2.16. The first kappa shape index (κ1) is 10.9. The fourth-order valence-electron chi connectivity index (χ4n) is 1.20. The third-order valence-corrected chi connectivity index (χ3v) is 3.19. The molecule has 1 rings (SSSR count). The molecule has 1 aromatic carbocycles. The van der Waals surface area contributed by atoms with Gasteiger partial charge in [0.1, 0.15) is 5.78 Å². The minimum atomic E-state index is -0.269. The van der Waals surface area contributed by atoms with Crippen LogP contribution in [0, 0.1) is 18.3 Å². The van der Waals surface area contributed by atoms with Crippen molar-refractivity contribution < 1.29 is 4.79 Å². The molecule has 0 aliphatic heterocycles. The Morgan fingerprint density at radius 1 is 1.57 bits per heavy atom. The molecule has 72 valence electrons. The molecule has 0 radical (unpaired) electrons. The van der Waals surface area contributed by atoms with E-state index in [9.17, 15) is 4.79 Å². The Balaban J connectivity index is 3.10. The van der Waals surface area contributed by atoms with E-state index < -0.39 is 0 Å². The van der Waals surface area contributed by atoms with E-state index in [0.29, 0.717) is 5.56 Å². The maximum absolute atomic E-state index is 11.1. The number of aryl methyl sites for hydroxylation is 1. The van der Waals surface area contributed by atoms with Crippen LogP contribution >= 0.6 is 15.9 Å². The van der Waals surface area contributed by atoms with Gasteiger partial charge in [-0.15, -0.1) is 0 Å². The summed E-state index contributed by atoms with van der Waals surface area (Å²) in [5, 5.41) is 8.73. The molecule has 14 heavy (non-hydrogen) atoms. The molecule has 0 saturated carbocycles. The van der Waals surface area contributed by atoms with E-state index in [2.05, 4.69) is 22.0 Å². The van der Waals surface area contributed by atoms with Crippen molar-refractivity contribution in [3.05, 3.63) is 34.9 Å². The van der Waals surface area contributed by atoms with E-state index in [4.69, 9.17) is 5.26 Å². The largest absolute Gasteiger partial charge is 0.298 e. The van der Waals surface area contributed by atoms with Gasteiger partial charge in [0.25, 0.3) is 0 Å². The number of carbonyl (C=O) groups is 1. The van der Waals surface area contributed by atoms with Gasteiger partial charge in [-0.25, -0.2) is 0 Å². The van der Waals surface area contributed by atoms with E-state index in [1.54, 1.807) is 12.1 Å². The van der Waals surface area contributed by atoms with Gasteiger partial charge in [-0.2, -0.15) is 5.26 Å². The van der Waals surface area contributed by atoms with Crippen LogP contribution < -0.4 is 0 Å². The van der Waals surface area contributed by atoms with Crippen molar-refractivity contribution in [2.45, 2.75) is 18.7 Å². The van der Waals surface area contributed by atoms with Crippen molar-refractivity contribution in [1.82, 2.24) is 0 Å². The highest BCUT2D eigenvalue weighted by Gasteiger charge is 2.12. The molecular weight excluding hydrogens is 242 g/mol. The fourth-order valence-corrected chi connectivity index (χ4v) is 1.49. The van der Waals surface area contributed by atoms with Gasteiger partial charge in [0, 0.05) is 0 Å². The number of rotatable bonds is 2. The molecule has 1 unspecified atom stereocenters. The highest BCUT2D eigenvalue weighted by Crippen LogP contribution is 2.25. The van der Waals surface area contributed by atoms with Crippen molar-refractivity contribution in [3.63, 3.8) is 0 Å². The summed E-state index contributed by atoms with van der Waals surface area (Å²) in [5.41, 5.74) is 2.45. The number of nitrogens with zero attached hydrogens (tertiary/aromatic N) is 1. The molecule has 0 bridgehead atoms. The van der Waals surface area contributed by atoms with Crippen LogP contribution in [-0.4, -0.2) is 5.78 Å². The number of hydrogen-bond acceptors (Lipinski definition) is 2. The van der Waals surface area contributed by atoms with Gasteiger partial charge in [0.2, 0.25) is 0 Å². The van der Waals surface area contributed by atoms with E-state index in [0.717, 1.165) is 11.1 Å². The second-order valence-corrected chi connectivity index (χ2v) is 4.08. The Bertz CT molecular complexity index is 406. The van der Waals surface area contributed by atoms with Crippen molar-refractivity contribution >= 4 is 21.7 Å². The number of Topliss-reactive ketones (excluding diaryl/α,β-unsaturated/α-hetero) is 1. The highest BCUT2D eigenvalue weighted by molar-refractivity contribution is 9.09. The average molecular weight is 252 g/mol. The van der Waals surface area contributed by atoms with Crippen molar-refractivity contribution in [2.75, 3.05) is 0 Å². The predicted octanol–water partition coefficient (Wildman–Crippen LogP) is 2.89. The number of ketones is 1. The first-order chi connectivity index (χ1) is 6.56. The molecule has 0 saturated heterocycles. The Kier molecular flexibility index (Phi) is 3.43. The maximum atomic E-state index is 11.1. The second kappa shape index (κ2) is 4.39. The molecule has 3 heteroatoms. The summed E-state index contributed by atoms with van der Waals surface area (Å²) < 4.78 is 0. The Labute approximate surface area is 91.7 Å². The van der Waals surface area contributed by atoms with Gasteiger partial charge < -0.3 is 0 Å². The molecule has 0 spiro atoms. The first-order valence-electron chi connectivity index (χ1n) is 4.21. The van der Waals surface area contributed by atoms with E-state index >= 15 is 0 Å². The van der Waals surface area contributed by atoms with E-state index in [1.165, 1.54) is 6.92 Å². The maximum Gasteiger partial charge on any atom is 0.147 e. The van der Waals surface area contributed by atoms with Crippen LogP contribution in [0.2, 0.25) is 0 Å². The molecule has 0 aliphatic rings. The van der Waals surface area contributed by atoms with Crippen LogP contribution in [-0.2, 0) is 4.79 Å². The van der Waals surface area contributed by atoms with Gasteiger partial charge in [-0.05, 0) is 31.0 Å². The van der Waals surface area contributed by atoms with Gasteiger partial charge in [-0.3, -0.25) is 4.79 Å². The van der Waals surface area contributed by atoms with Crippen LogP contribution in [0.4, 0.5) is 0 Å². The third kappa shape index (κ3) is 2.21. The third-order valence-electron chi connectivity index (χ3n) is 2.02.